The molecule has 2 aromatic carbocycles. The zero-order valence-corrected chi connectivity index (χ0v) is 34.0. The first-order valence-corrected chi connectivity index (χ1v) is 20.7. The molecule has 310 valence electrons. The van der Waals surface area contributed by atoms with Crippen molar-refractivity contribution in [3.63, 3.8) is 0 Å². The van der Waals surface area contributed by atoms with Crippen LogP contribution in [0.4, 0.5) is 21.2 Å². The molecule has 6 amide bonds. The van der Waals surface area contributed by atoms with Gasteiger partial charge < -0.3 is 40.5 Å². The Hall–Kier alpha value is -6.80. The fourth-order valence-corrected chi connectivity index (χ4v) is 9.51. The van der Waals surface area contributed by atoms with Gasteiger partial charge in [0, 0.05) is 25.5 Å². The normalized spacial score (nSPS) is 17.3. The molecule has 60 heavy (non-hydrogen) atoms. The van der Waals surface area contributed by atoms with E-state index in [0.29, 0.717) is 71.5 Å². The smallest absolute Gasteiger partial charge is 0.407 e. The number of methoxy groups -OCH3 is 2. The average Bonchev–Trinajstić information content (AvgIpc) is 4.12. The Morgan fingerprint density at radius 3 is 1.38 bits per heavy atom. The van der Waals surface area contributed by atoms with Crippen molar-refractivity contribution in [2.24, 2.45) is 0 Å². The molecule has 0 bridgehead atoms. The van der Waals surface area contributed by atoms with E-state index in [0.717, 1.165) is 9.75 Å². The fraction of sp³-hybridized carbons (Fsp3) is 0.300. The van der Waals surface area contributed by atoms with Gasteiger partial charge in [0.25, 0.3) is 11.8 Å². The van der Waals surface area contributed by atoms with Crippen LogP contribution in [0.2, 0.25) is 0 Å². The molecule has 2 saturated heterocycles. The van der Waals surface area contributed by atoms with Crippen molar-refractivity contribution in [2.45, 2.75) is 49.9 Å². The number of carbonyl (C=O) groups excluding carboxylic acids is 6. The summed E-state index contributed by atoms with van der Waals surface area (Å²) in [7, 11) is 2.45. The molecule has 18 nitrogen and oxygen atoms in total. The van der Waals surface area contributed by atoms with Crippen LogP contribution in [0.25, 0.3) is 19.7 Å². The number of thiazole rings is 2. The summed E-state index contributed by atoms with van der Waals surface area (Å²) < 4.78 is 13.1. The Bertz CT molecular complexity index is 2330. The van der Waals surface area contributed by atoms with Gasteiger partial charge in [-0.15, -0.1) is 0 Å². The monoisotopic (exact) mass is 852 g/mol. The quantitative estimate of drug-likeness (QED) is 0.140. The largest absolute Gasteiger partial charge is 0.453 e. The van der Waals surface area contributed by atoms with Crippen LogP contribution in [0, 0.1) is 0 Å². The standard InChI is InChI=1S/C40H40N10O8S2/c1-57-39(55)45-31(23-11-5-3-6-12-23)35(53)49-17-9-15-25(49)33(51)41-29-21-47-19-27(59-37(47)43-29)28-20-48-22-30(44-38(48)60-28)42-34(52)26-16-10-18-50(26)36(54)32(46-40(56)58-2)24-13-7-4-8-14-24/h3-8,11-14,19-22,25-26,31-32H,9-10,15-18H2,1-2H3,(H,41,51)(H,42,52)(H,45,55)(H,46,56). The lowest BCUT2D eigenvalue weighted by molar-refractivity contribution is -0.138. The van der Waals surface area contributed by atoms with Gasteiger partial charge in [-0.3, -0.25) is 28.0 Å². The lowest BCUT2D eigenvalue weighted by Crippen LogP contribution is -2.48. The van der Waals surface area contributed by atoms with Gasteiger partial charge in [0.2, 0.25) is 11.8 Å². The van der Waals surface area contributed by atoms with Crippen LogP contribution in [0.3, 0.4) is 0 Å². The molecule has 0 saturated carbocycles. The molecule has 8 rings (SSSR count). The molecule has 2 aliphatic heterocycles. The summed E-state index contributed by atoms with van der Waals surface area (Å²) >= 11 is 2.83. The number of carbonyl (C=O) groups is 6. The minimum absolute atomic E-state index is 0.337. The van der Waals surface area contributed by atoms with E-state index < -0.39 is 48.2 Å². The van der Waals surface area contributed by atoms with Gasteiger partial charge in [-0.2, -0.15) is 0 Å². The number of likely N-dealkylation sites (tertiary alicyclic amines) is 2. The molecular weight excluding hydrogens is 813 g/mol. The molecule has 4 atom stereocenters. The number of benzene rings is 2. The van der Waals surface area contributed by atoms with E-state index in [1.807, 2.05) is 33.3 Å². The van der Waals surface area contributed by atoms with Crippen LogP contribution < -0.4 is 21.3 Å². The summed E-state index contributed by atoms with van der Waals surface area (Å²) in [5.41, 5.74) is 1.14. The first-order valence-electron chi connectivity index (χ1n) is 19.1. The maximum absolute atomic E-state index is 13.7. The Morgan fingerprint density at radius 2 is 1.02 bits per heavy atom. The maximum atomic E-state index is 13.7. The Labute approximate surface area is 350 Å². The first-order chi connectivity index (χ1) is 29.1. The molecule has 4 N–H and O–H groups in total. The summed E-state index contributed by atoms with van der Waals surface area (Å²) in [6.07, 6.45) is 7.85. The minimum atomic E-state index is -1.02. The van der Waals surface area contributed by atoms with Crippen LogP contribution in [0.15, 0.2) is 85.5 Å². The van der Waals surface area contributed by atoms with Crippen molar-refractivity contribution in [1.82, 2.24) is 39.2 Å². The summed E-state index contributed by atoms with van der Waals surface area (Å²) in [5.74, 6) is -0.899. The number of hydrogen-bond acceptors (Lipinski definition) is 12. The number of nitrogens with one attached hydrogen (secondary N) is 4. The summed E-state index contributed by atoms with van der Waals surface area (Å²) in [6.45, 7) is 0.715. The maximum Gasteiger partial charge on any atom is 0.407 e. The number of ether oxygens (including phenoxy) is 2. The van der Waals surface area contributed by atoms with E-state index in [1.54, 1.807) is 60.9 Å². The lowest BCUT2D eigenvalue weighted by atomic mass is 10.0. The number of imidazole rings is 2. The minimum Gasteiger partial charge on any atom is -0.453 e. The highest BCUT2D eigenvalue weighted by Gasteiger charge is 2.40. The number of hydrogen-bond donors (Lipinski definition) is 4. The third-order valence-corrected chi connectivity index (χ3v) is 12.6. The van der Waals surface area contributed by atoms with E-state index in [-0.39, 0.29) is 11.8 Å². The number of anilines is 2. The molecular formula is C40H40N10O8S2. The molecule has 6 heterocycles. The molecule has 0 radical (unpaired) electrons. The van der Waals surface area contributed by atoms with Crippen molar-refractivity contribution >= 4 is 80.0 Å². The van der Waals surface area contributed by atoms with E-state index in [1.165, 1.54) is 46.7 Å². The Morgan fingerprint density at radius 1 is 0.617 bits per heavy atom. The molecule has 6 aromatic rings. The molecule has 20 heteroatoms. The van der Waals surface area contributed by atoms with Gasteiger partial charge in [-0.05, 0) is 36.8 Å². The Kier molecular flexibility index (Phi) is 11.5. The molecule has 4 unspecified atom stereocenters. The SMILES string of the molecule is COC(=O)NC(C(=O)N1CCCC1C(=O)Nc1cn2cc(-c3cn4cc(NC(=O)C5CCCN5C(=O)C(NC(=O)OC)c5ccccc5)nc4s3)sc2n1)c1ccccc1. The molecule has 0 aliphatic carbocycles. The van der Waals surface area contributed by atoms with E-state index in [9.17, 15) is 28.8 Å². The number of fused-ring (bicyclic) bond motifs is 2. The predicted molar refractivity (Wildman–Crippen MR) is 221 cm³/mol. The van der Waals surface area contributed by atoms with Gasteiger partial charge in [-0.25, -0.2) is 19.6 Å². The molecule has 4 aromatic heterocycles. The number of nitrogens with zero attached hydrogens (tertiary/aromatic N) is 6. The highest BCUT2D eigenvalue weighted by Crippen LogP contribution is 2.35. The van der Waals surface area contributed by atoms with Crippen molar-refractivity contribution < 1.29 is 38.2 Å². The van der Waals surface area contributed by atoms with E-state index >= 15 is 0 Å². The lowest BCUT2D eigenvalue weighted by Gasteiger charge is -2.28. The second kappa shape index (κ2) is 17.2. The van der Waals surface area contributed by atoms with Crippen molar-refractivity contribution in [3.8, 4) is 9.75 Å². The second-order valence-electron chi connectivity index (χ2n) is 14.1. The highest BCUT2D eigenvalue weighted by molar-refractivity contribution is 7.26. The van der Waals surface area contributed by atoms with Gasteiger partial charge in [0.15, 0.2) is 21.6 Å². The van der Waals surface area contributed by atoms with E-state index in [2.05, 4.69) is 31.2 Å². The van der Waals surface area contributed by atoms with Crippen molar-refractivity contribution in [3.05, 3.63) is 96.6 Å². The topological polar surface area (TPSA) is 210 Å². The zero-order valence-electron chi connectivity index (χ0n) is 32.4. The van der Waals surface area contributed by atoms with Crippen LogP contribution in [0.1, 0.15) is 48.9 Å². The van der Waals surface area contributed by atoms with E-state index in [4.69, 9.17) is 9.47 Å². The highest BCUT2D eigenvalue weighted by atomic mass is 32.1. The first kappa shape index (κ1) is 40.0. The van der Waals surface area contributed by atoms with Crippen LogP contribution in [0.5, 0.6) is 0 Å². The number of aromatic nitrogens is 4. The van der Waals surface area contributed by atoms with Gasteiger partial charge in [-0.1, -0.05) is 83.3 Å². The average molecular weight is 853 g/mol. The molecule has 0 spiro atoms. The number of amides is 6. The van der Waals surface area contributed by atoms with Crippen LogP contribution >= 0.6 is 22.7 Å². The van der Waals surface area contributed by atoms with Crippen molar-refractivity contribution in [2.75, 3.05) is 37.9 Å². The summed E-state index contributed by atoms with van der Waals surface area (Å²) in [5, 5.41) is 10.9. The van der Waals surface area contributed by atoms with Crippen molar-refractivity contribution in [1.29, 1.82) is 0 Å². The fourth-order valence-electron chi connectivity index (χ4n) is 7.52. The van der Waals surface area contributed by atoms with Gasteiger partial charge in [0.05, 0.1) is 36.4 Å². The van der Waals surface area contributed by atoms with Gasteiger partial charge in [0.1, 0.15) is 24.2 Å². The van der Waals surface area contributed by atoms with Crippen LogP contribution in [-0.4, -0.2) is 104 Å². The predicted octanol–water partition coefficient (Wildman–Crippen LogP) is 4.83. The molecule has 2 fully saturated rings. The number of rotatable bonds is 11. The number of alkyl carbamates (subject to hydrolysis) is 2. The second-order valence-corrected chi connectivity index (χ2v) is 16.2. The third kappa shape index (κ3) is 8.23. The van der Waals surface area contributed by atoms with Crippen LogP contribution in [-0.2, 0) is 28.7 Å². The molecule has 2 aliphatic rings. The summed E-state index contributed by atoms with van der Waals surface area (Å²) in [4.78, 5) is 94.1. The third-order valence-electron chi connectivity index (χ3n) is 10.4. The summed E-state index contributed by atoms with van der Waals surface area (Å²) in [6, 6.07) is 14.1. The Balaban J connectivity index is 0.905. The van der Waals surface area contributed by atoms with Gasteiger partial charge >= 0.3 is 12.2 Å². The zero-order chi connectivity index (χ0) is 41.9.